The van der Waals surface area contributed by atoms with Crippen molar-refractivity contribution in [1.82, 2.24) is 0 Å². The number of rotatable bonds is 49. The second kappa shape index (κ2) is 80.5. The summed E-state index contributed by atoms with van der Waals surface area (Å²) in [6.45, 7) is 0. The van der Waals surface area contributed by atoms with Gasteiger partial charge in [-0.25, -0.2) is 0 Å². The first kappa shape index (κ1) is 81.5. The van der Waals surface area contributed by atoms with Gasteiger partial charge in [0.25, 0.3) is 0 Å². The highest BCUT2D eigenvalue weighted by atomic mass is 15.8. The molecule has 0 rings (SSSR count). The van der Waals surface area contributed by atoms with E-state index in [2.05, 4.69) is 517 Å². The fraction of sp³-hybridized carbons (Fsp3) is 0. The second-order valence-corrected chi connectivity index (χ2v) is 8.98. The van der Waals surface area contributed by atoms with Crippen LogP contribution in [0.15, 0.2) is 517 Å². The molecule has 0 aliphatic rings. The molecule has 0 heterocycles. The van der Waals surface area contributed by atoms with Gasteiger partial charge in [0.05, 0.1) is 0 Å². The minimum Gasteiger partial charge on any atom is -0.183 e. The van der Waals surface area contributed by atoms with Crippen LogP contribution in [-0.2, 0) is 0 Å². The zero-order valence-electron chi connectivity index (χ0n) is 45.7. The van der Waals surface area contributed by atoms with E-state index >= 15 is 0 Å². The Morgan fingerprint density at radius 3 is 0.216 bits per heavy atom. The molecule has 0 aromatic carbocycles. The quantitative estimate of drug-likeness (QED) is 0.0346. The molecule has 101 nitrogen and oxygen atoms in total. The van der Waals surface area contributed by atoms with Gasteiger partial charge in [0.1, 0.15) is 0 Å². The van der Waals surface area contributed by atoms with Crippen molar-refractivity contribution >= 4 is 0 Å². The van der Waals surface area contributed by atoms with Crippen LogP contribution in [0.5, 0.6) is 0 Å². The Hall–Kier alpha value is -20.5. The molecule has 101 heteroatoms. The van der Waals surface area contributed by atoms with Gasteiger partial charge in [-0.2, -0.15) is 10.8 Å². The Morgan fingerprint density at radius 2 is 0.157 bits per heavy atom. The average molecular weight is 1430 g/mol. The summed E-state index contributed by atoms with van der Waals surface area (Å²) in [6.07, 6.45) is 1.31. The van der Waals surface area contributed by atoms with Crippen molar-refractivity contribution in [3.8, 4) is 6.19 Å². The van der Waals surface area contributed by atoms with Gasteiger partial charge < -0.3 is 0 Å². The van der Waals surface area contributed by atoms with Gasteiger partial charge >= 0.3 is 0 Å². The van der Waals surface area contributed by atoms with E-state index in [1.807, 2.05) is 0 Å². The summed E-state index contributed by atoms with van der Waals surface area (Å²) in [5, 5.41) is 303. The molecule has 0 atom stereocenters. The smallest absolute Gasteiger partial charge is 0.183 e. The molecule has 0 aromatic rings. The molecular weight excluding hydrogens is 1430 g/mol. The molecule has 0 radical (unpaired) electrons. The van der Waals surface area contributed by atoms with Crippen LogP contribution in [0.4, 0.5) is 0 Å². The van der Waals surface area contributed by atoms with Crippen LogP contribution in [-0.4, -0.2) is 0 Å². The van der Waals surface area contributed by atoms with Crippen LogP contribution in [0.2, 0.25) is 0 Å². The number of nitrogens with one attached hydrogen (secondary N) is 1. The lowest BCUT2D eigenvalue weighted by Crippen LogP contribution is -1.52. The normalized spacial score (nSPS) is 15.5. The van der Waals surface area contributed by atoms with Crippen LogP contribution in [0.1, 0.15) is 0 Å². The summed E-state index contributed by atoms with van der Waals surface area (Å²) < 4.78 is 0. The van der Waals surface area contributed by atoms with E-state index < -0.39 is 0 Å². The molecule has 0 aromatic heterocycles. The summed E-state index contributed by atoms with van der Waals surface area (Å²) in [5.41, 5.74) is 6.27. The molecule has 102 heavy (non-hydrogen) atoms. The predicted octanol–water partition coefficient (Wildman–Crippen LogP) is 18.5. The fourth-order valence-corrected chi connectivity index (χ4v) is 1.76. The number of hydrogen-bond donors (Lipinski definition) is 1. The minimum absolute atomic E-state index is 1.31. The van der Waals surface area contributed by atoms with Crippen molar-refractivity contribution in [3.05, 3.63) is 0 Å². The Kier molecular flexibility index (Phi) is 64.3. The van der Waals surface area contributed by atoms with Gasteiger partial charge in [-0.1, -0.05) is 0 Å². The first-order valence-electron chi connectivity index (χ1n) is 20.3. The van der Waals surface area contributed by atoms with Gasteiger partial charge in [0, 0.05) is 428 Å². The molecule has 0 amide bonds. The van der Waals surface area contributed by atoms with E-state index in [4.69, 9.17) is 10.8 Å². The molecular formula is CHN101. The van der Waals surface area contributed by atoms with E-state index in [1.54, 1.807) is 0 Å². The Morgan fingerprint density at radius 1 is 0.0980 bits per heavy atom. The summed E-state index contributed by atoms with van der Waals surface area (Å²) >= 11 is 0. The molecule has 0 unspecified atom stereocenters. The Balaban J connectivity index is 4.12. The minimum atomic E-state index is 1.31. The molecule has 0 aliphatic heterocycles. The number of nitrogens with zero attached hydrogens (tertiary/aromatic N) is 100. The Labute approximate surface area is 534 Å². The first-order chi connectivity index (χ1) is 50.9. The molecule has 0 bridgehead atoms. The molecule has 510 valence electrons. The molecule has 0 aliphatic carbocycles. The molecule has 0 saturated carbocycles. The fourth-order valence-electron chi connectivity index (χ4n) is 1.76. The van der Waals surface area contributed by atoms with Crippen molar-refractivity contribution in [2.75, 3.05) is 0 Å². The highest BCUT2D eigenvalue weighted by Crippen LogP contribution is 1.98. The molecule has 0 fully saturated rings. The predicted molar refractivity (Wildman–Crippen MR) is 249 cm³/mol. The third-order valence-electron chi connectivity index (χ3n) is 3.97. The third-order valence-corrected chi connectivity index (χ3v) is 3.97. The standard InChI is InChI=1S/CHN101/c2-1-4-6-8-10-12-14-16-18-20-22-24-26-28-30-32-34-36-38-40-42-44-46-48-50-52-54-56-58-60-62-64-66-68-70-72-74-76-78-80-82-84-86-88-90-92-94-96-98-100-102-101-99-97-95-93-91-89-87-85-83-81-79-77-75-73-71-69-67-65-63-61-59-57-55-53-51-49-47-45-43-41-39-37-35-33-31-29-27-25-23-21-19-17-15-13-11-9-7-5-3/h3H/b5-3?,6-4?,9-7+,10-8+,13-11+,14-12+,17-15+,18-16+,21-19+,22-20+,25-23+,26-24+,29-27+,30-28+,33-31+,34-32+,37-35+,38-36+,41-39+,42-40+,45-43+,46-44+,49-47+,50-48+,53-51+,54-52+,57-55+,58-56+,61-59+,62-60+,65-63+,66-64+,69-67+,70-68+,73-71+,74-72+,77-75+,78-76+,81-79+,82-80+,85-83+,86-84+,89-87+,90-88+,93-91+,94-92+,97-95+,98-96+,101-99+,102-100+. The van der Waals surface area contributed by atoms with Crippen LogP contribution in [0.3, 0.4) is 0 Å². The van der Waals surface area contributed by atoms with Crippen LogP contribution in [0, 0.1) is 17.0 Å². The maximum atomic E-state index is 8.03. The zero-order valence-corrected chi connectivity index (χ0v) is 45.7. The first-order valence-corrected chi connectivity index (χ1v) is 20.3. The number of hydrogen-bond acceptors (Lipinski definition) is 3. The molecule has 0 spiro atoms. The van der Waals surface area contributed by atoms with E-state index in [0.29, 0.717) is 0 Å². The van der Waals surface area contributed by atoms with Crippen LogP contribution < -0.4 is 0 Å². The summed E-state index contributed by atoms with van der Waals surface area (Å²) in [4.78, 5) is 0. The second-order valence-electron chi connectivity index (χ2n) is 8.98. The molecule has 0 saturated heterocycles. The van der Waals surface area contributed by atoms with Crippen LogP contribution in [0.25, 0.3) is 0 Å². The summed E-state index contributed by atoms with van der Waals surface area (Å²) in [7, 11) is 0. The zero-order chi connectivity index (χ0) is 72.7. The SMILES string of the molecule is N#CN=N/N=N/N=N/N=N/N=N/N=N/N=N/N=N/N=N/N=N/N=N/N=N/N=N/N=N/N=N/N=N/N=N/N=N/N=N/N=N/N=N/N=N/N=N/N=N/N=N/N=N/N=N/N=N/N=N/N=N/N=N/N=N/N=N/N=N/N=N/N=N/N=N/N=N/N=N/N=N/N=N/N=N/N=N/N=N/N=N/N=N/N=N/N=N/N=N/N=N. The van der Waals surface area contributed by atoms with Gasteiger partial charge in [0.15, 0.2) is 0 Å². The van der Waals surface area contributed by atoms with Gasteiger partial charge in [-0.05, 0) is 88.7 Å². The third kappa shape index (κ3) is 79.5. The van der Waals surface area contributed by atoms with Crippen molar-refractivity contribution in [1.29, 1.82) is 10.8 Å². The Bertz CT molecular complexity index is 3860. The largest absolute Gasteiger partial charge is 0.227 e. The van der Waals surface area contributed by atoms with Crippen LogP contribution >= 0.6 is 0 Å². The summed E-state index contributed by atoms with van der Waals surface area (Å²) in [6, 6.07) is 0. The maximum absolute atomic E-state index is 8.03. The highest BCUT2D eigenvalue weighted by Gasteiger charge is 1.80. The van der Waals surface area contributed by atoms with E-state index in [1.165, 1.54) is 6.19 Å². The highest BCUT2D eigenvalue weighted by molar-refractivity contribution is 4.56. The lowest BCUT2D eigenvalue weighted by molar-refractivity contribution is 0.723. The maximum Gasteiger partial charge on any atom is 0.227 e. The monoisotopic (exact) mass is 1430 g/mol. The van der Waals surface area contributed by atoms with Gasteiger partial charge in [-0.3, -0.25) is 0 Å². The van der Waals surface area contributed by atoms with E-state index in [-0.39, 0.29) is 0 Å². The molecule has 1 N–H and O–H groups in total. The van der Waals surface area contributed by atoms with Crippen molar-refractivity contribution in [2.45, 2.75) is 0 Å². The average Bonchev–Trinajstić information content (AvgIpc) is 3.74. The van der Waals surface area contributed by atoms with Crippen molar-refractivity contribution < 1.29 is 0 Å². The van der Waals surface area contributed by atoms with Crippen molar-refractivity contribution in [2.24, 2.45) is 517 Å². The lowest BCUT2D eigenvalue weighted by atomic mass is 11.5. The lowest BCUT2D eigenvalue weighted by Gasteiger charge is -1.71. The topological polar surface area (TPSA) is 1270 Å². The van der Waals surface area contributed by atoms with E-state index in [0.717, 1.165) is 0 Å². The van der Waals surface area contributed by atoms with Gasteiger partial charge in [-0.15, -0.1) is 0 Å². The summed E-state index contributed by atoms with van der Waals surface area (Å²) in [5.74, 6) is 0. The van der Waals surface area contributed by atoms with Crippen molar-refractivity contribution in [3.63, 3.8) is 0 Å². The number of nitriles is 1. The van der Waals surface area contributed by atoms with E-state index in [9.17, 15) is 0 Å². The van der Waals surface area contributed by atoms with Gasteiger partial charge in [0.2, 0.25) is 6.19 Å².